The molecule has 0 heterocycles. The maximum Gasteiger partial charge on any atom is 0.0811 e. The van der Waals surface area contributed by atoms with Crippen LogP contribution < -0.4 is 0 Å². The Labute approximate surface area is 189 Å². The Kier molecular flexibility index (Phi) is 7.15. The number of rotatable bonds is 7. The highest BCUT2D eigenvalue weighted by molar-refractivity contribution is 5.38. The van der Waals surface area contributed by atoms with Crippen LogP contribution in [0, 0.1) is 29.1 Å². The summed E-state index contributed by atoms with van der Waals surface area (Å²) < 4.78 is 0. The number of aliphatic hydroxyl groups is 3. The Bertz CT molecular complexity index is 718. The summed E-state index contributed by atoms with van der Waals surface area (Å²) in [6.07, 6.45) is 16.4. The van der Waals surface area contributed by atoms with Crippen LogP contribution in [0.2, 0.25) is 0 Å². The zero-order valence-electron chi connectivity index (χ0n) is 19.7. The molecule has 4 aliphatic carbocycles. The lowest BCUT2D eigenvalue weighted by molar-refractivity contribution is 0.0799. The summed E-state index contributed by atoms with van der Waals surface area (Å²) in [6, 6.07) is 0. The third kappa shape index (κ3) is 5.20. The molecule has 0 spiro atoms. The van der Waals surface area contributed by atoms with Gasteiger partial charge in [-0.25, -0.2) is 0 Å². The van der Waals surface area contributed by atoms with Gasteiger partial charge in [0.15, 0.2) is 0 Å². The number of aliphatic hydroxyl groups excluding tert-OH is 3. The van der Waals surface area contributed by atoms with Crippen LogP contribution in [0.5, 0.6) is 0 Å². The van der Waals surface area contributed by atoms with Crippen LogP contribution >= 0.6 is 0 Å². The fourth-order valence-electron chi connectivity index (χ4n) is 7.19. The molecule has 0 amide bonds. The molecule has 0 aromatic rings. The van der Waals surface area contributed by atoms with E-state index in [0.717, 1.165) is 42.2 Å². The van der Waals surface area contributed by atoms with Crippen molar-refractivity contribution in [2.75, 3.05) is 0 Å². The predicted molar refractivity (Wildman–Crippen MR) is 126 cm³/mol. The van der Waals surface area contributed by atoms with Gasteiger partial charge in [-0.3, -0.25) is 0 Å². The Morgan fingerprint density at radius 3 is 2.65 bits per heavy atom. The van der Waals surface area contributed by atoms with Crippen LogP contribution in [0.3, 0.4) is 0 Å². The van der Waals surface area contributed by atoms with Gasteiger partial charge in [-0.05, 0) is 98.0 Å². The highest BCUT2D eigenvalue weighted by atomic mass is 16.3. The van der Waals surface area contributed by atoms with Gasteiger partial charge in [-0.2, -0.15) is 0 Å². The van der Waals surface area contributed by atoms with Crippen LogP contribution in [0.4, 0.5) is 0 Å². The van der Waals surface area contributed by atoms with E-state index >= 15 is 0 Å². The quantitative estimate of drug-likeness (QED) is 0.487. The first-order valence-corrected chi connectivity index (χ1v) is 12.9. The van der Waals surface area contributed by atoms with Crippen molar-refractivity contribution < 1.29 is 15.3 Å². The van der Waals surface area contributed by atoms with Crippen LogP contribution in [0.25, 0.3) is 0 Å². The SMILES string of the molecule is C=C1/C(=C\C=C2/CCC[C@]3(C)[C@@H]([C@H](C)CC[C@H](O)CC4CC4)CC[C@@H]23)C[C@@H](O)C[C@@H]1O. The molecule has 174 valence electrons. The molecule has 3 N–H and O–H groups in total. The molecule has 4 fully saturated rings. The molecule has 0 aromatic heterocycles. The zero-order chi connectivity index (χ0) is 22.2. The number of allylic oxidation sites excluding steroid dienone is 3. The molecule has 0 unspecified atom stereocenters. The van der Waals surface area contributed by atoms with E-state index in [0.29, 0.717) is 30.1 Å². The predicted octanol–water partition coefficient (Wildman–Crippen LogP) is 5.70. The minimum absolute atomic E-state index is 0.0947. The van der Waals surface area contributed by atoms with Gasteiger partial charge in [0, 0.05) is 6.42 Å². The molecule has 0 aliphatic heterocycles. The molecule has 0 bridgehead atoms. The Morgan fingerprint density at radius 1 is 1.13 bits per heavy atom. The van der Waals surface area contributed by atoms with E-state index in [4.69, 9.17) is 0 Å². The molecule has 3 nitrogen and oxygen atoms in total. The van der Waals surface area contributed by atoms with Crippen molar-refractivity contribution in [1.29, 1.82) is 0 Å². The Balaban J connectivity index is 1.41. The lowest BCUT2D eigenvalue weighted by Crippen LogP contribution is -2.36. The van der Waals surface area contributed by atoms with Gasteiger partial charge in [0.2, 0.25) is 0 Å². The van der Waals surface area contributed by atoms with E-state index in [1.54, 1.807) is 5.57 Å². The Hall–Kier alpha value is -0.900. The average Bonchev–Trinajstić information content (AvgIpc) is 3.46. The highest BCUT2D eigenvalue weighted by Gasteiger charge is 2.50. The van der Waals surface area contributed by atoms with Crippen LogP contribution in [-0.2, 0) is 0 Å². The van der Waals surface area contributed by atoms with Gasteiger partial charge in [0.05, 0.1) is 18.3 Å². The van der Waals surface area contributed by atoms with E-state index in [1.807, 2.05) is 0 Å². The number of hydrogen-bond acceptors (Lipinski definition) is 3. The molecular weight excluding hydrogens is 384 g/mol. The van der Waals surface area contributed by atoms with Crippen molar-refractivity contribution in [3.05, 3.63) is 35.5 Å². The smallest absolute Gasteiger partial charge is 0.0811 e. The third-order valence-corrected chi connectivity index (χ3v) is 9.25. The summed E-state index contributed by atoms with van der Waals surface area (Å²) in [6.45, 7) is 9.02. The molecule has 0 aromatic carbocycles. The molecule has 3 heteroatoms. The second-order valence-corrected chi connectivity index (χ2v) is 11.6. The van der Waals surface area contributed by atoms with Gasteiger partial charge in [0.25, 0.3) is 0 Å². The van der Waals surface area contributed by atoms with Gasteiger partial charge in [-0.15, -0.1) is 0 Å². The van der Waals surface area contributed by atoms with Gasteiger partial charge < -0.3 is 15.3 Å². The first-order valence-electron chi connectivity index (χ1n) is 12.9. The van der Waals surface area contributed by atoms with Crippen molar-refractivity contribution in [3.63, 3.8) is 0 Å². The van der Waals surface area contributed by atoms with Crippen LogP contribution in [0.1, 0.15) is 90.9 Å². The lowest BCUT2D eigenvalue weighted by Gasteiger charge is -2.44. The van der Waals surface area contributed by atoms with E-state index < -0.39 is 12.2 Å². The normalized spacial score (nSPS) is 40.9. The molecule has 0 saturated heterocycles. The van der Waals surface area contributed by atoms with Crippen molar-refractivity contribution in [1.82, 2.24) is 0 Å². The molecule has 0 radical (unpaired) electrons. The second-order valence-electron chi connectivity index (χ2n) is 11.6. The largest absolute Gasteiger partial charge is 0.393 e. The maximum absolute atomic E-state index is 10.4. The second kappa shape index (κ2) is 9.53. The maximum atomic E-state index is 10.4. The summed E-state index contributed by atoms with van der Waals surface area (Å²) in [7, 11) is 0. The van der Waals surface area contributed by atoms with Crippen molar-refractivity contribution in [2.24, 2.45) is 29.1 Å². The fourth-order valence-corrected chi connectivity index (χ4v) is 7.19. The van der Waals surface area contributed by atoms with Crippen LogP contribution in [0.15, 0.2) is 35.5 Å². The summed E-state index contributed by atoms with van der Waals surface area (Å²) in [5.41, 5.74) is 3.72. The van der Waals surface area contributed by atoms with Gasteiger partial charge in [-0.1, -0.05) is 51.0 Å². The summed E-state index contributed by atoms with van der Waals surface area (Å²) in [5.74, 6) is 2.87. The minimum Gasteiger partial charge on any atom is -0.393 e. The van der Waals surface area contributed by atoms with E-state index in [1.165, 1.54) is 44.9 Å². The molecular formula is C28H44O3. The standard InChI is InChI=1S/C28H44O3/c1-18(6-11-23(29)15-20-7-8-20)25-12-13-26-21(5-4-14-28(25,26)3)9-10-22-16-24(30)17-27(31)19(22)2/h9-10,18,20,23-27,29-31H,2,4-8,11-17H2,1,3H3/b21-9+,22-10-/t18-,23+,24-,25-,26+,27+,28-/m1/s1. The molecule has 31 heavy (non-hydrogen) atoms. The first kappa shape index (κ1) is 23.3. The molecule has 4 saturated carbocycles. The third-order valence-electron chi connectivity index (χ3n) is 9.25. The molecule has 4 rings (SSSR count). The van der Waals surface area contributed by atoms with E-state index in [-0.39, 0.29) is 6.10 Å². The number of hydrogen-bond donors (Lipinski definition) is 3. The van der Waals surface area contributed by atoms with Crippen LogP contribution in [-0.4, -0.2) is 33.6 Å². The first-order chi connectivity index (χ1) is 14.8. The average molecular weight is 429 g/mol. The topological polar surface area (TPSA) is 60.7 Å². The summed E-state index contributed by atoms with van der Waals surface area (Å²) >= 11 is 0. The van der Waals surface area contributed by atoms with Crippen molar-refractivity contribution >= 4 is 0 Å². The Morgan fingerprint density at radius 2 is 1.90 bits per heavy atom. The van der Waals surface area contributed by atoms with Gasteiger partial charge >= 0.3 is 0 Å². The van der Waals surface area contributed by atoms with Crippen molar-refractivity contribution in [3.8, 4) is 0 Å². The monoisotopic (exact) mass is 428 g/mol. The highest BCUT2D eigenvalue weighted by Crippen LogP contribution is 2.60. The van der Waals surface area contributed by atoms with Gasteiger partial charge in [0.1, 0.15) is 0 Å². The fraction of sp³-hybridized carbons (Fsp3) is 0.786. The van der Waals surface area contributed by atoms with E-state index in [2.05, 4.69) is 32.6 Å². The molecule has 4 aliphatic rings. The lowest BCUT2D eigenvalue weighted by atomic mass is 9.60. The summed E-state index contributed by atoms with van der Waals surface area (Å²) in [5, 5.41) is 30.6. The zero-order valence-corrected chi connectivity index (χ0v) is 19.7. The minimum atomic E-state index is -0.614. The molecule has 7 atom stereocenters. The summed E-state index contributed by atoms with van der Waals surface area (Å²) in [4.78, 5) is 0. The van der Waals surface area contributed by atoms with E-state index in [9.17, 15) is 15.3 Å². The number of fused-ring (bicyclic) bond motifs is 1. The van der Waals surface area contributed by atoms with Crippen molar-refractivity contribution in [2.45, 2.75) is 109 Å².